The van der Waals surface area contributed by atoms with Gasteiger partial charge in [0.1, 0.15) is 48.8 Å². The second kappa shape index (κ2) is 11.5. The molecule has 0 bridgehead atoms. The maximum absolute atomic E-state index is 9.94. The highest BCUT2D eigenvalue weighted by Crippen LogP contribution is 2.28. The van der Waals surface area contributed by atoms with Crippen molar-refractivity contribution in [3.63, 3.8) is 0 Å². The summed E-state index contributed by atoms with van der Waals surface area (Å²) in [5.41, 5.74) is 0. The van der Waals surface area contributed by atoms with Crippen molar-refractivity contribution in [2.24, 2.45) is 0 Å². The average Bonchev–Trinajstić information content (AvgIpc) is 2.68. The van der Waals surface area contributed by atoms with Crippen LogP contribution in [0.15, 0.2) is 0 Å². The van der Waals surface area contributed by atoms with Crippen molar-refractivity contribution in [3.8, 4) is 0 Å². The lowest BCUT2D eigenvalue weighted by Gasteiger charge is -2.45. The maximum atomic E-state index is 9.94. The Morgan fingerprint density at radius 3 is 1.63 bits per heavy atom. The molecule has 2 aliphatic rings. The van der Waals surface area contributed by atoms with Crippen LogP contribution in [0.1, 0.15) is 0 Å². The molecular formula is C14H28O13. The summed E-state index contributed by atoms with van der Waals surface area (Å²) in [6.07, 6.45) is -15.6. The molecule has 2 aliphatic heterocycles. The third-order valence-corrected chi connectivity index (χ3v) is 4.08. The number of ether oxygens (including phenoxy) is 3. The van der Waals surface area contributed by atoms with Gasteiger partial charge in [-0.05, 0) is 0 Å². The van der Waals surface area contributed by atoms with Gasteiger partial charge in [0, 0.05) is 0 Å². The van der Waals surface area contributed by atoms with Crippen LogP contribution in [0.5, 0.6) is 0 Å². The number of aliphatic hydroxyl groups is 10. The van der Waals surface area contributed by atoms with Crippen molar-refractivity contribution >= 4 is 0 Å². The molecule has 0 saturated carbocycles. The van der Waals surface area contributed by atoms with E-state index in [1.165, 1.54) is 0 Å². The molecule has 2 rings (SSSR count). The Kier molecular flexibility index (Phi) is 10.4. The summed E-state index contributed by atoms with van der Waals surface area (Å²) in [5.74, 6) is 0. The van der Waals surface area contributed by atoms with Gasteiger partial charge in [-0.25, -0.2) is 0 Å². The molecule has 10 N–H and O–H groups in total. The smallest absolute Gasteiger partial charge is 0.187 e. The highest BCUT2D eigenvalue weighted by Gasteiger charge is 2.50. The Morgan fingerprint density at radius 1 is 0.593 bits per heavy atom. The third-order valence-electron chi connectivity index (χ3n) is 4.08. The molecule has 0 radical (unpaired) electrons. The number of hydrogen-bond acceptors (Lipinski definition) is 13. The molecule has 162 valence electrons. The fourth-order valence-electron chi connectivity index (χ4n) is 2.57. The molecule has 10 atom stereocenters. The summed E-state index contributed by atoms with van der Waals surface area (Å²) in [6, 6.07) is 0. The Morgan fingerprint density at radius 2 is 1.15 bits per heavy atom. The van der Waals surface area contributed by atoms with E-state index in [-0.39, 0.29) is 13.2 Å². The minimum atomic E-state index is -1.74. The van der Waals surface area contributed by atoms with Gasteiger partial charge in [-0.2, -0.15) is 0 Å². The highest BCUT2D eigenvalue weighted by molar-refractivity contribution is 4.93. The van der Waals surface area contributed by atoms with Gasteiger partial charge in [0.2, 0.25) is 0 Å². The number of rotatable bonds is 5. The van der Waals surface area contributed by atoms with E-state index in [1.807, 2.05) is 0 Å². The summed E-state index contributed by atoms with van der Waals surface area (Å²) in [7, 11) is 0. The van der Waals surface area contributed by atoms with Crippen LogP contribution < -0.4 is 0 Å². The fourth-order valence-corrected chi connectivity index (χ4v) is 2.57. The molecule has 0 spiro atoms. The topological polar surface area (TPSA) is 230 Å². The van der Waals surface area contributed by atoms with E-state index in [0.29, 0.717) is 0 Å². The molecule has 2 saturated heterocycles. The van der Waals surface area contributed by atoms with Crippen molar-refractivity contribution < 1.29 is 65.3 Å². The van der Waals surface area contributed by atoms with Crippen molar-refractivity contribution in [2.75, 3.05) is 26.4 Å². The predicted molar refractivity (Wildman–Crippen MR) is 82.8 cm³/mol. The molecule has 0 aliphatic carbocycles. The molecular weight excluding hydrogens is 376 g/mol. The molecule has 13 heteroatoms. The van der Waals surface area contributed by atoms with Crippen LogP contribution in [-0.4, -0.2) is 139 Å². The lowest BCUT2D eigenvalue weighted by molar-refractivity contribution is -0.355. The first-order chi connectivity index (χ1) is 12.7. The van der Waals surface area contributed by atoms with Gasteiger partial charge in [0.25, 0.3) is 0 Å². The van der Waals surface area contributed by atoms with Crippen LogP contribution >= 0.6 is 0 Å². The molecule has 27 heavy (non-hydrogen) atoms. The van der Waals surface area contributed by atoms with Crippen molar-refractivity contribution in [3.05, 3.63) is 0 Å². The lowest BCUT2D eigenvalue weighted by atomic mass is 9.97. The first kappa shape index (κ1) is 24.5. The van der Waals surface area contributed by atoms with Gasteiger partial charge < -0.3 is 65.3 Å². The van der Waals surface area contributed by atoms with E-state index >= 15 is 0 Å². The summed E-state index contributed by atoms with van der Waals surface area (Å²) in [5, 5.41) is 91.7. The third kappa shape index (κ3) is 5.98. The molecule has 2 heterocycles. The Balaban J connectivity index is 0.000000828. The average molecular weight is 404 g/mol. The maximum Gasteiger partial charge on any atom is 0.187 e. The van der Waals surface area contributed by atoms with Crippen LogP contribution in [0, 0.1) is 0 Å². The largest absolute Gasteiger partial charge is 0.394 e. The SMILES string of the molecule is OCCO.OC[C@H]1O[C@H](O[C@H]2[C@H](O)[C@@H](O)[C@H](O)O[C@@H]2CO)[C@H](O)[C@@H](O)[C@@H]1O. The van der Waals surface area contributed by atoms with Crippen molar-refractivity contribution in [2.45, 2.75) is 61.4 Å². The molecule has 0 aromatic heterocycles. The Labute approximate surface area is 154 Å². The molecule has 13 nitrogen and oxygen atoms in total. The van der Waals surface area contributed by atoms with Crippen LogP contribution in [-0.2, 0) is 14.2 Å². The summed E-state index contributed by atoms with van der Waals surface area (Å²) < 4.78 is 15.3. The van der Waals surface area contributed by atoms with Crippen molar-refractivity contribution in [1.29, 1.82) is 0 Å². The van der Waals surface area contributed by atoms with Gasteiger partial charge in [0.05, 0.1) is 26.4 Å². The summed E-state index contributed by atoms with van der Waals surface area (Å²) >= 11 is 0. The van der Waals surface area contributed by atoms with Gasteiger partial charge >= 0.3 is 0 Å². The van der Waals surface area contributed by atoms with Gasteiger partial charge in [-0.15, -0.1) is 0 Å². The van der Waals surface area contributed by atoms with Crippen LogP contribution in [0.2, 0.25) is 0 Å². The lowest BCUT2D eigenvalue weighted by Crippen LogP contribution is -2.64. The Bertz CT molecular complexity index is 406. The van der Waals surface area contributed by atoms with E-state index < -0.39 is 74.6 Å². The molecule has 2 fully saturated rings. The zero-order valence-corrected chi connectivity index (χ0v) is 14.3. The van der Waals surface area contributed by atoms with E-state index in [2.05, 4.69) is 0 Å². The minimum Gasteiger partial charge on any atom is -0.394 e. The number of aliphatic hydroxyl groups excluding tert-OH is 10. The van der Waals surface area contributed by atoms with E-state index in [9.17, 15) is 35.7 Å². The van der Waals surface area contributed by atoms with Crippen LogP contribution in [0.25, 0.3) is 0 Å². The normalized spacial score (nSPS) is 45.1. The molecule has 0 aromatic carbocycles. The molecule has 0 amide bonds. The van der Waals surface area contributed by atoms with Gasteiger partial charge in [0.15, 0.2) is 12.6 Å². The second-order valence-corrected chi connectivity index (χ2v) is 5.97. The first-order valence-electron chi connectivity index (χ1n) is 8.21. The second-order valence-electron chi connectivity index (χ2n) is 5.97. The van der Waals surface area contributed by atoms with E-state index in [0.717, 1.165) is 0 Å². The van der Waals surface area contributed by atoms with E-state index in [4.69, 9.17) is 29.5 Å². The summed E-state index contributed by atoms with van der Waals surface area (Å²) in [4.78, 5) is 0. The number of hydrogen-bond donors (Lipinski definition) is 10. The Hall–Kier alpha value is -0.520. The standard InChI is InChI=1S/C12H22O11.C2H6O2/c13-1-3-5(15)6(16)9(19)12(22-3)23-10-4(2-14)21-11(20)8(18)7(10)17;3-1-2-4/h3-20H,1-2H2;3-4H,1-2H2/t3-,4-,5-,6+,7-,8-,9-,10-,11-,12-;/m1./s1. The van der Waals surface area contributed by atoms with Gasteiger partial charge in [-0.1, -0.05) is 0 Å². The predicted octanol–water partition coefficient (Wildman–Crippen LogP) is -6.43. The highest BCUT2D eigenvalue weighted by atomic mass is 16.7. The monoisotopic (exact) mass is 404 g/mol. The molecule has 0 unspecified atom stereocenters. The quantitative estimate of drug-likeness (QED) is 0.206. The molecule has 0 aromatic rings. The van der Waals surface area contributed by atoms with Gasteiger partial charge in [-0.3, -0.25) is 0 Å². The summed E-state index contributed by atoms with van der Waals surface area (Å²) in [6.45, 7) is -1.60. The van der Waals surface area contributed by atoms with E-state index in [1.54, 1.807) is 0 Å². The zero-order valence-electron chi connectivity index (χ0n) is 14.3. The minimum absolute atomic E-state index is 0.125. The first-order valence-corrected chi connectivity index (χ1v) is 8.21. The van der Waals surface area contributed by atoms with Crippen LogP contribution in [0.3, 0.4) is 0 Å². The van der Waals surface area contributed by atoms with Crippen molar-refractivity contribution in [1.82, 2.24) is 0 Å². The zero-order chi connectivity index (χ0) is 20.7. The van der Waals surface area contributed by atoms with Crippen LogP contribution in [0.4, 0.5) is 0 Å². The fraction of sp³-hybridized carbons (Fsp3) is 1.00.